The lowest BCUT2D eigenvalue weighted by Crippen LogP contribution is -2.58. The Balaban J connectivity index is 3.07. The molecule has 27 heavy (non-hydrogen) atoms. The number of nitrogens with zero attached hydrogens (tertiary/aromatic N) is 1. The Morgan fingerprint density at radius 1 is 1.33 bits per heavy atom. The fourth-order valence-electron chi connectivity index (χ4n) is 2.90. The van der Waals surface area contributed by atoms with Gasteiger partial charge in [0.15, 0.2) is 0 Å². The largest absolute Gasteiger partial charge is 0.444 e. The maximum Gasteiger partial charge on any atom is 0.408 e. The first-order valence-electron chi connectivity index (χ1n) is 9.45. The SMILES string of the molecule is CCC(CC)O[C@@H]1C=C(C(=O)N(C)OC)C[C@H](N)[C@H]1NC(=O)OC(C)(C)C. The van der Waals surface area contributed by atoms with E-state index in [1.807, 2.05) is 13.8 Å². The molecule has 3 atom stereocenters. The van der Waals surface area contributed by atoms with Crippen LogP contribution < -0.4 is 11.1 Å². The third-order valence-electron chi connectivity index (χ3n) is 4.41. The Morgan fingerprint density at radius 2 is 1.93 bits per heavy atom. The van der Waals surface area contributed by atoms with Gasteiger partial charge >= 0.3 is 6.09 Å². The zero-order chi connectivity index (χ0) is 20.8. The number of likely N-dealkylation sites (N-methyl/N-ethyl adjacent to an activating group) is 1. The fourth-order valence-corrected chi connectivity index (χ4v) is 2.90. The van der Waals surface area contributed by atoms with E-state index in [1.54, 1.807) is 26.8 Å². The van der Waals surface area contributed by atoms with Gasteiger partial charge in [-0.2, -0.15) is 0 Å². The van der Waals surface area contributed by atoms with E-state index in [0.717, 1.165) is 17.9 Å². The quantitative estimate of drug-likeness (QED) is 0.651. The highest BCUT2D eigenvalue weighted by atomic mass is 16.7. The second kappa shape index (κ2) is 10.1. The van der Waals surface area contributed by atoms with Crippen LogP contribution >= 0.6 is 0 Å². The van der Waals surface area contributed by atoms with E-state index in [2.05, 4.69) is 5.32 Å². The number of carbonyl (C=O) groups is 2. The van der Waals surface area contributed by atoms with Gasteiger partial charge in [-0.05, 0) is 46.1 Å². The topological polar surface area (TPSA) is 103 Å². The molecule has 0 spiro atoms. The van der Waals surface area contributed by atoms with Crippen LogP contribution in [0.25, 0.3) is 0 Å². The summed E-state index contributed by atoms with van der Waals surface area (Å²) in [6.07, 6.45) is 2.58. The van der Waals surface area contributed by atoms with Gasteiger partial charge in [-0.15, -0.1) is 0 Å². The fraction of sp³-hybridized carbons (Fsp3) is 0.789. The van der Waals surface area contributed by atoms with Crippen LogP contribution in [0.15, 0.2) is 11.6 Å². The minimum absolute atomic E-state index is 0.00371. The molecule has 1 rings (SSSR count). The lowest BCUT2D eigenvalue weighted by molar-refractivity contribution is -0.164. The van der Waals surface area contributed by atoms with Gasteiger partial charge in [-0.3, -0.25) is 9.63 Å². The molecule has 0 aromatic carbocycles. The standard InChI is InChI=1S/C19H35N3O5/c1-8-13(9-2)26-15-11-12(17(23)22(6)25-7)10-14(20)16(15)21-18(24)27-19(3,4)5/h11,13-16H,8-10,20H2,1-7H3,(H,21,24)/t14-,15+,16+/m0/s1. The van der Waals surface area contributed by atoms with E-state index in [-0.39, 0.29) is 12.0 Å². The highest BCUT2D eigenvalue weighted by Gasteiger charge is 2.37. The van der Waals surface area contributed by atoms with Crippen LogP contribution in [0.2, 0.25) is 0 Å². The Morgan fingerprint density at radius 3 is 2.41 bits per heavy atom. The second-order valence-corrected chi connectivity index (χ2v) is 7.76. The Labute approximate surface area is 162 Å². The number of hydrogen-bond acceptors (Lipinski definition) is 6. The third kappa shape index (κ3) is 7.12. The van der Waals surface area contributed by atoms with Gasteiger partial charge in [-0.1, -0.05) is 13.8 Å². The van der Waals surface area contributed by atoms with Gasteiger partial charge in [0, 0.05) is 18.7 Å². The van der Waals surface area contributed by atoms with Gasteiger partial charge in [0.25, 0.3) is 5.91 Å². The molecule has 0 fully saturated rings. The molecular weight excluding hydrogens is 350 g/mol. The maximum absolute atomic E-state index is 12.5. The van der Waals surface area contributed by atoms with Crippen LogP contribution in [-0.4, -0.2) is 61.1 Å². The maximum atomic E-state index is 12.5. The van der Waals surface area contributed by atoms with Crippen LogP contribution in [-0.2, 0) is 19.1 Å². The first kappa shape index (κ1) is 23.4. The van der Waals surface area contributed by atoms with E-state index in [0.29, 0.717) is 12.0 Å². The van der Waals surface area contributed by atoms with Gasteiger partial charge < -0.3 is 20.5 Å². The lowest BCUT2D eigenvalue weighted by Gasteiger charge is -2.37. The number of carbonyl (C=O) groups excluding carboxylic acids is 2. The summed E-state index contributed by atoms with van der Waals surface area (Å²) in [7, 11) is 2.96. The molecule has 8 heteroatoms. The van der Waals surface area contributed by atoms with Gasteiger partial charge in [-0.25, -0.2) is 9.86 Å². The van der Waals surface area contributed by atoms with Crippen LogP contribution in [0.1, 0.15) is 53.9 Å². The Hall–Kier alpha value is -1.64. The van der Waals surface area contributed by atoms with Crippen molar-refractivity contribution in [3.8, 4) is 0 Å². The van der Waals surface area contributed by atoms with Gasteiger partial charge in [0.2, 0.25) is 0 Å². The highest BCUT2D eigenvalue weighted by Crippen LogP contribution is 2.24. The first-order valence-corrected chi connectivity index (χ1v) is 9.45. The van der Waals surface area contributed by atoms with Crippen molar-refractivity contribution in [2.45, 2.75) is 83.8 Å². The summed E-state index contributed by atoms with van der Waals surface area (Å²) in [4.78, 5) is 29.7. The smallest absolute Gasteiger partial charge is 0.408 e. The number of hydroxylamine groups is 2. The molecule has 0 aliphatic heterocycles. The van der Waals surface area contributed by atoms with E-state index in [4.69, 9.17) is 20.0 Å². The normalized spacial score (nSPS) is 23.0. The number of rotatable bonds is 7. The molecule has 0 unspecified atom stereocenters. The van der Waals surface area contributed by atoms with E-state index >= 15 is 0 Å². The predicted octanol–water partition coefficient (Wildman–Crippen LogP) is 2.13. The number of alkyl carbamates (subject to hydrolysis) is 1. The van der Waals surface area contributed by atoms with Crippen molar-refractivity contribution in [3.05, 3.63) is 11.6 Å². The summed E-state index contributed by atoms with van der Waals surface area (Å²) in [5.74, 6) is -0.276. The van der Waals surface area contributed by atoms with Crippen molar-refractivity contribution in [3.63, 3.8) is 0 Å². The molecule has 0 aromatic rings. The van der Waals surface area contributed by atoms with Crippen molar-refractivity contribution in [1.82, 2.24) is 10.4 Å². The number of ether oxygens (including phenoxy) is 2. The van der Waals surface area contributed by atoms with Crippen LogP contribution in [0.3, 0.4) is 0 Å². The van der Waals surface area contributed by atoms with E-state index < -0.39 is 29.9 Å². The summed E-state index contributed by atoms with van der Waals surface area (Å²) in [5, 5.41) is 3.97. The molecule has 0 heterocycles. The molecule has 0 saturated carbocycles. The van der Waals surface area contributed by atoms with Crippen molar-refractivity contribution < 1.29 is 23.9 Å². The number of nitrogens with one attached hydrogen (secondary N) is 1. The summed E-state index contributed by atoms with van der Waals surface area (Å²) >= 11 is 0. The zero-order valence-corrected chi connectivity index (χ0v) is 17.6. The molecule has 1 aliphatic carbocycles. The molecule has 0 bridgehead atoms. The monoisotopic (exact) mass is 385 g/mol. The van der Waals surface area contributed by atoms with Gasteiger partial charge in [0.05, 0.1) is 25.4 Å². The first-order chi connectivity index (χ1) is 12.5. The van der Waals surface area contributed by atoms with Crippen molar-refractivity contribution in [2.75, 3.05) is 14.2 Å². The minimum atomic E-state index is -0.618. The molecule has 0 aromatic heterocycles. The molecule has 0 radical (unpaired) electrons. The summed E-state index contributed by atoms with van der Waals surface area (Å²) < 4.78 is 11.5. The average molecular weight is 386 g/mol. The highest BCUT2D eigenvalue weighted by molar-refractivity contribution is 5.93. The molecule has 0 saturated heterocycles. The van der Waals surface area contributed by atoms with E-state index in [9.17, 15) is 9.59 Å². The van der Waals surface area contributed by atoms with Crippen LogP contribution in [0, 0.1) is 0 Å². The van der Waals surface area contributed by atoms with Gasteiger partial charge in [0.1, 0.15) is 5.60 Å². The summed E-state index contributed by atoms with van der Waals surface area (Å²) in [6.45, 7) is 9.44. The van der Waals surface area contributed by atoms with E-state index in [1.165, 1.54) is 14.2 Å². The lowest BCUT2D eigenvalue weighted by atomic mass is 9.88. The zero-order valence-electron chi connectivity index (χ0n) is 17.6. The molecule has 1 aliphatic rings. The molecule has 156 valence electrons. The van der Waals surface area contributed by atoms with Crippen molar-refractivity contribution in [1.29, 1.82) is 0 Å². The predicted molar refractivity (Wildman–Crippen MR) is 103 cm³/mol. The molecule has 3 N–H and O–H groups in total. The van der Waals surface area contributed by atoms with Crippen LogP contribution in [0.4, 0.5) is 4.79 Å². The average Bonchev–Trinajstić information content (AvgIpc) is 2.58. The Bertz CT molecular complexity index is 540. The third-order valence-corrected chi connectivity index (χ3v) is 4.41. The summed E-state index contributed by atoms with van der Waals surface area (Å²) in [5.41, 5.74) is 6.19. The van der Waals surface area contributed by atoms with Crippen molar-refractivity contribution in [2.24, 2.45) is 5.73 Å². The Kier molecular flexibility index (Phi) is 8.71. The second-order valence-electron chi connectivity index (χ2n) is 7.76. The molecular formula is C19H35N3O5. The minimum Gasteiger partial charge on any atom is -0.444 e. The number of amides is 2. The number of hydrogen-bond donors (Lipinski definition) is 2. The summed E-state index contributed by atoms with van der Waals surface area (Å²) in [6, 6.07) is -0.990. The van der Waals surface area contributed by atoms with Crippen LogP contribution in [0.5, 0.6) is 0 Å². The molecule has 2 amide bonds. The van der Waals surface area contributed by atoms with Crippen molar-refractivity contribution >= 4 is 12.0 Å². The number of nitrogens with two attached hydrogens (primary N) is 1. The molecule has 8 nitrogen and oxygen atoms in total.